The first kappa shape index (κ1) is 16.5. The van der Waals surface area contributed by atoms with Gasteiger partial charge in [0.1, 0.15) is 5.75 Å². The topological polar surface area (TPSA) is 81.9 Å². The van der Waals surface area contributed by atoms with Crippen LogP contribution in [0, 0.1) is 17.2 Å². The zero-order chi connectivity index (χ0) is 16.7. The molecule has 1 unspecified atom stereocenters. The van der Waals surface area contributed by atoms with Crippen LogP contribution in [-0.4, -0.2) is 39.5 Å². The van der Waals surface area contributed by atoms with E-state index in [2.05, 4.69) is 0 Å². The summed E-state index contributed by atoms with van der Waals surface area (Å²) in [6, 6.07) is 4.40. The molecule has 1 aliphatic carbocycles. The molecule has 1 spiro atoms. The van der Waals surface area contributed by atoms with Crippen LogP contribution in [0.15, 0.2) is 18.2 Å². The van der Waals surface area contributed by atoms with Crippen molar-refractivity contribution in [2.75, 3.05) is 26.8 Å². The Morgan fingerprint density at radius 2 is 2.09 bits per heavy atom. The molecule has 2 N–H and O–H groups in total. The minimum Gasteiger partial charge on any atom is -0.497 e. The average Bonchev–Trinajstić information content (AvgIpc) is 3.18. The monoisotopic (exact) mass is 344 g/mol. The Bertz CT molecular complexity index is 687. The summed E-state index contributed by atoms with van der Waals surface area (Å²) in [5.74, 6) is 0.655. The van der Waals surface area contributed by atoms with E-state index in [0.29, 0.717) is 31.4 Å². The van der Waals surface area contributed by atoms with Crippen molar-refractivity contribution in [3.63, 3.8) is 0 Å². The minimum atomic E-state index is -3.60. The number of rotatable bonds is 5. The van der Waals surface area contributed by atoms with Gasteiger partial charge in [-0.15, -0.1) is 0 Å². The third kappa shape index (κ3) is 3.44. The van der Waals surface area contributed by atoms with E-state index in [9.17, 15) is 12.8 Å². The molecule has 0 radical (unpaired) electrons. The van der Waals surface area contributed by atoms with Crippen molar-refractivity contribution >= 4 is 10.2 Å². The number of nitrogens with two attached hydrogens (primary N) is 1. The molecular formula is C15H21FN2O4S. The summed E-state index contributed by atoms with van der Waals surface area (Å²) in [6.45, 7) is 1.32. The van der Waals surface area contributed by atoms with Gasteiger partial charge >= 0.3 is 0 Å². The van der Waals surface area contributed by atoms with Crippen molar-refractivity contribution < 1.29 is 22.3 Å². The predicted octanol–water partition coefficient (Wildman–Crippen LogP) is 1.52. The van der Waals surface area contributed by atoms with Gasteiger partial charge in [-0.05, 0) is 42.7 Å². The van der Waals surface area contributed by atoms with Gasteiger partial charge in [0.15, 0.2) is 11.6 Å². The maximum absolute atomic E-state index is 13.7. The lowest BCUT2D eigenvalue weighted by atomic mass is 9.92. The first-order valence-corrected chi connectivity index (χ1v) is 9.09. The smallest absolute Gasteiger partial charge is 0.276 e. The van der Waals surface area contributed by atoms with Gasteiger partial charge in [0.05, 0.1) is 13.7 Å². The zero-order valence-corrected chi connectivity index (χ0v) is 13.8. The van der Waals surface area contributed by atoms with E-state index in [-0.39, 0.29) is 11.2 Å². The highest BCUT2D eigenvalue weighted by Gasteiger charge is 2.55. The highest BCUT2D eigenvalue weighted by Crippen LogP contribution is 2.59. The molecule has 3 rings (SSSR count). The molecule has 1 aromatic rings. The number of hydrogen-bond donors (Lipinski definition) is 1. The SMILES string of the molecule is COc1ccc(F)c(OCC2CC23CCN(S(N)(=O)=O)CC3)c1. The van der Waals surface area contributed by atoms with Gasteiger partial charge < -0.3 is 9.47 Å². The fraction of sp³-hybridized carbons (Fsp3) is 0.600. The normalized spacial score (nSPS) is 23.7. The Kier molecular flexibility index (Phi) is 4.24. The molecule has 2 aliphatic rings. The summed E-state index contributed by atoms with van der Waals surface area (Å²) >= 11 is 0. The maximum atomic E-state index is 13.7. The standard InChI is InChI=1S/C15H21FN2O4S/c1-21-12-2-3-13(16)14(8-12)22-10-11-9-15(11)4-6-18(7-5-15)23(17,19)20/h2-3,8,11H,4-7,9-10H2,1H3,(H2,17,19,20). The summed E-state index contributed by atoms with van der Waals surface area (Å²) in [7, 11) is -2.08. The third-order valence-corrected chi connectivity index (χ3v) is 6.10. The number of benzene rings is 1. The van der Waals surface area contributed by atoms with E-state index in [1.807, 2.05) is 0 Å². The second kappa shape index (κ2) is 5.92. The highest BCUT2D eigenvalue weighted by molar-refractivity contribution is 7.86. The van der Waals surface area contributed by atoms with Crippen LogP contribution >= 0.6 is 0 Å². The summed E-state index contributed by atoms with van der Waals surface area (Å²) in [4.78, 5) is 0. The summed E-state index contributed by atoms with van der Waals surface area (Å²) in [5, 5.41) is 5.15. The van der Waals surface area contributed by atoms with Crippen molar-refractivity contribution in [3.05, 3.63) is 24.0 Å². The molecule has 1 saturated heterocycles. The van der Waals surface area contributed by atoms with Crippen LogP contribution < -0.4 is 14.6 Å². The number of hydrogen-bond acceptors (Lipinski definition) is 4. The lowest BCUT2D eigenvalue weighted by molar-refractivity contribution is 0.204. The number of piperidine rings is 1. The summed E-state index contributed by atoms with van der Waals surface area (Å²) in [6.07, 6.45) is 2.53. The Hall–Kier alpha value is -1.38. The maximum Gasteiger partial charge on any atom is 0.276 e. The minimum absolute atomic E-state index is 0.122. The number of halogens is 1. The second-order valence-electron chi connectivity index (χ2n) is 6.31. The molecule has 1 aromatic carbocycles. The lowest BCUT2D eigenvalue weighted by Gasteiger charge is -2.30. The van der Waals surface area contributed by atoms with Gasteiger partial charge in [-0.3, -0.25) is 0 Å². The van der Waals surface area contributed by atoms with E-state index in [1.54, 1.807) is 6.07 Å². The van der Waals surface area contributed by atoms with Crippen LogP contribution in [0.2, 0.25) is 0 Å². The van der Waals surface area contributed by atoms with Crippen molar-refractivity contribution in [1.29, 1.82) is 0 Å². The summed E-state index contributed by atoms with van der Waals surface area (Å²) in [5.41, 5.74) is 0.122. The third-order valence-electron chi connectivity index (χ3n) is 5.02. The molecule has 1 saturated carbocycles. The Morgan fingerprint density at radius 3 is 2.70 bits per heavy atom. The largest absolute Gasteiger partial charge is 0.497 e. The predicted molar refractivity (Wildman–Crippen MR) is 82.9 cm³/mol. The van der Waals surface area contributed by atoms with Gasteiger partial charge in [0.2, 0.25) is 0 Å². The Labute approximate surface area is 135 Å². The van der Waals surface area contributed by atoms with Crippen LogP contribution in [0.4, 0.5) is 4.39 Å². The van der Waals surface area contributed by atoms with Gasteiger partial charge in [0.25, 0.3) is 10.2 Å². The van der Waals surface area contributed by atoms with E-state index in [0.717, 1.165) is 19.3 Å². The first-order chi connectivity index (χ1) is 10.8. The van der Waals surface area contributed by atoms with Crippen molar-refractivity contribution in [1.82, 2.24) is 4.31 Å². The zero-order valence-electron chi connectivity index (χ0n) is 13.0. The molecule has 23 heavy (non-hydrogen) atoms. The van der Waals surface area contributed by atoms with E-state index in [1.165, 1.54) is 23.5 Å². The molecule has 1 heterocycles. The van der Waals surface area contributed by atoms with Crippen molar-refractivity contribution in [3.8, 4) is 11.5 Å². The summed E-state index contributed by atoms with van der Waals surface area (Å²) < 4.78 is 48.4. The van der Waals surface area contributed by atoms with Crippen LogP contribution in [0.25, 0.3) is 0 Å². The van der Waals surface area contributed by atoms with Crippen LogP contribution in [0.3, 0.4) is 0 Å². The van der Waals surface area contributed by atoms with E-state index in [4.69, 9.17) is 14.6 Å². The Balaban J connectivity index is 1.55. The average molecular weight is 344 g/mol. The molecule has 0 amide bonds. The van der Waals surface area contributed by atoms with E-state index >= 15 is 0 Å². The molecule has 128 valence electrons. The van der Waals surface area contributed by atoms with Gasteiger partial charge in [-0.2, -0.15) is 12.7 Å². The molecule has 1 atom stereocenters. The van der Waals surface area contributed by atoms with Crippen LogP contribution in [-0.2, 0) is 10.2 Å². The molecule has 0 bridgehead atoms. The number of nitrogens with zero attached hydrogens (tertiary/aromatic N) is 1. The van der Waals surface area contributed by atoms with Crippen LogP contribution in [0.5, 0.6) is 11.5 Å². The van der Waals surface area contributed by atoms with Crippen molar-refractivity contribution in [2.24, 2.45) is 16.5 Å². The quantitative estimate of drug-likeness (QED) is 0.878. The molecule has 8 heteroatoms. The number of ether oxygens (including phenoxy) is 2. The fourth-order valence-electron chi connectivity index (χ4n) is 3.38. The highest BCUT2D eigenvalue weighted by atomic mass is 32.2. The van der Waals surface area contributed by atoms with Gasteiger partial charge in [-0.1, -0.05) is 0 Å². The second-order valence-corrected chi connectivity index (χ2v) is 7.86. The molecule has 1 aliphatic heterocycles. The van der Waals surface area contributed by atoms with Gasteiger partial charge in [-0.25, -0.2) is 9.53 Å². The van der Waals surface area contributed by atoms with Crippen molar-refractivity contribution in [2.45, 2.75) is 19.3 Å². The van der Waals surface area contributed by atoms with Crippen LogP contribution in [0.1, 0.15) is 19.3 Å². The molecular weight excluding hydrogens is 323 g/mol. The first-order valence-electron chi connectivity index (χ1n) is 7.58. The molecule has 0 aromatic heterocycles. The number of methoxy groups -OCH3 is 1. The fourth-order valence-corrected chi connectivity index (χ4v) is 4.07. The lowest BCUT2D eigenvalue weighted by Crippen LogP contribution is -2.43. The molecule has 6 nitrogen and oxygen atoms in total. The van der Waals surface area contributed by atoms with Gasteiger partial charge in [0, 0.05) is 19.2 Å². The molecule has 2 fully saturated rings. The van der Waals surface area contributed by atoms with E-state index < -0.39 is 16.0 Å². The Morgan fingerprint density at radius 1 is 1.39 bits per heavy atom.